The predicted octanol–water partition coefficient (Wildman–Crippen LogP) is 11.0. The number of unbranched alkanes of at least 4 members (excludes halogenated alkanes) is 6. The summed E-state index contributed by atoms with van der Waals surface area (Å²) in [6, 6.07) is 31.8. The molecule has 0 aliphatic carbocycles. The lowest BCUT2D eigenvalue weighted by molar-refractivity contribution is -0.958. The zero-order chi connectivity index (χ0) is 37.9. The van der Waals surface area contributed by atoms with Crippen molar-refractivity contribution in [3.63, 3.8) is 0 Å². The highest BCUT2D eigenvalue weighted by Crippen LogP contribution is 2.36. The van der Waals surface area contributed by atoms with Gasteiger partial charge in [0.15, 0.2) is 0 Å². The lowest BCUT2D eigenvalue weighted by atomic mass is 9.95. The first-order valence-corrected chi connectivity index (χ1v) is 23.1. The normalized spacial score (nSPS) is 12.3. The van der Waals surface area contributed by atoms with E-state index in [0.717, 1.165) is 49.4 Å². The molecule has 0 saturated carbocycles. The van der Waals surface area contributed by atoms with E-state index in [-0.39, 0.29) is 0 Å². The molecule has 0 bridgehead atoms. The van der Waals surface area contributed by atoms with E-state index < -0.39 is 15.6 Å². The average molecular weight is 730 g/mol. The third-order valence-electron chi connectivity index (χ3n) is 10.3. The Balaban J connectivity index is 0.00000222. The third-order valence-corrected chi connectivity index (χ3v) is 14.3. The van der Waals surface area contributed by atoms with Crippen LogP contribution >= 0.6 is 0 Å². The van der Waals surface area contributed by atoms with E-state index in [0.29, 0.717) is 19.3 Å². The summed E-state index contributed by atoms with van der Waals surface area (Å²) in [6.45, 7) is 24.5. The van der Waals surface area contributed by atoms with Crippen LogP contribution in [0.15, 0.2) is 84.9 Å². The van der Waals surface area contributed by atoms with Crippen LogP contribution in [0.1, 0.15) is 150 Å². The Morgan fingerprint density at radius 2 is 0.981 bits per heavy atom. The fraction of sp³-hybridized carbons (Fsp3) is 0.587. The van der Waals surface area contributed by atoms with Crippen LogP contribution in [-0.4, -0.2) is 53.0 Å². The molecule has 3 rings (SSSR count). The summed E-state index contributed by atoms with van der Waals surface area (Å²) in [4.78, 5) is 0. The Kier molecular flexibility index (Phi) is 24.2. The molecule has 0 spiro atoms. The fourth-order valence-electron chi connectivity index (χ4n) is 7.26. The molecule has 3 aromatic rings. The van der Waals surface area contributed by atoms with E-state index in [9.17, 15) is 0 Å². The van der Waals surface area contributed by atoms with Gasteiger partial charge >= 0.3 is 7.32 Å². The zero-order valence-electron chi connectivity index (χ0n) is 34.6. The van der Waals surface area contributed by atoms with Gasteiger partial charge in [-0.1, -0.05) is 178 Å². The molecular weight excluding hydrogens is 653 g/mol. The lowest BCUT2D eigenvalue weighted by Gasteiger charge is -2.47. The summed E-state index contributed by atoms with van der Waals surface area (Å²) in [5, 5.41) is 3.81. The molecule has 0 aromatic heterocycles. The molecule has 290 valence electrons. The molecule has 0 N–H and O–H groups in total. The van der Waals surface area contributed by atoms with Crippen molar-refractivity contribution < 1.29 is 18.1 Å². The monoisotopic (exact) mass is 730 g/mol. The van der Waals surface area contributed by atoms with Crippen LogP contribution in [0.4, 0.5) is 0 Å². The van der Waals surface area contributed by atoms with Gasteiger partial charge in [0, 0.05) is 25.2 Å². The fourth-order valence-corrected chi connectivity index (χ4v) is 11.3. The first-order chi connectivity index (χ1) is 25.5. The maximum atomic E-state index is 7.60. The molecule has 0 fully saturated rings. The Morgan fingerprint density at radius 1 is 0.558 bits per heavy atom. The van der Waals surface area contributed by atoms with Gasteiger partial charge in [-0.3, -0.25) is 0 Å². The molecule has 4 nitrogen and oxygen atoms in total. The van der Waals surface area contributed by atoms with Crippen molar-refractivity contribution in [3.05, 3.63) is 97.4 Å². The predicted molar refractivity (Wildman–Crippen MR) is 230 cm³/mol. The van der Waals surface area contributed by atoms with Crippen LogP contribution in [0, 0.1) is 6.92 Å². The minimum absolute atomic E-state index is 0.388. The number of rotatable bonds is 27. The summed E-state index contributed by atoms with van der Waals surface area (Å²) >= 11 is 0. The van der Waals surface area contributed by atoms with Gasteiger partial charge in [0.1, 0.15) is 6.04 Å². The van der Waals surface area contributed by atoms with E-state index in [2.05, 4.69) is 140 Å². The van der Waals surface area contributed by atoms with E-state index >= 15 is 0 Å². The van der Waals surface area contributed by atoms with Gasteiger partial charge in [-0.25, -0.2) is 0 Å². The van der Waals surface area contributed by atoms with Gasteiger partial charge in [-0.2, -0.15) is 6.42 Å². The minimum atomic E-state index is -3.18. The molecule has 0 aliphatic rings. The number of hydrogen-bond acceptors (Lipinski definition) is 3. The quantitative estimate of drug-likeness (QED) is 0.0257. The molecule has 1 unspecified atom stereocenters. The van der Waals surface area contributed by atoms with Crippen molar-refractivity contribution in [1.82, 2.24) is 0 Å². The van der Waals surface area contributed by atoms with Gasteiger partial charge in [0.2, 0.25) is 0 Å². The number of hydrogen-bond donors (Lipinski definition) is 0. The molecular formula is C46H76BNO3Si. The van der Waals surface area contributed by atoms with Crippen LogP contribution in [0.2, 0.25) is 0 Å². The third kappa shape index (κ3) is 13.9. The van der Waals surface area contributed by atoms with E-state index in [4.69, 9.17) is 13.7 Å². The van der Waals surface area contributed by atoms with Crippen molar-refractivity contribution >= 4 is 31.2 Å². The lowest BCUT2D eigenvalue weighted by Crippen LogP contribution is -2.72. The van der Waals surface area contributed by atoms with Crippen molar-refractivity contribution in [2.45, 2.75) is 144 Å². The topological polar surface area (TPSA) is 27.7 Å². The Hall–Kier alpha value is -2.22. The van der Waals surface area contributed by atoms with Crippen LogP contribution in [0.5, 0.6) is 0 Å². The molecule has 0 radical (unpaired) electrons. The van der Waals surface area contributed by atoms with Gasteiger partial charge in [0.25, 0.3) is 8.32 Å². The molecule has 3 aromatic carbocycles. The van der Waals surface area contributed by atoms with Gasteiger partial charge in [0.05, 0.1) is 19.6 Å². The second-order valence-corrected chi connectivity index (χ2v) is 17.8. The van der Waals surface area contributed by atoms with Gasteiger partial charge < -0.3 is 25.1 Å². The number of quaternary nitrogens is 1. The highest BCUT2D eigenvalue weighted by atomic mass is 28.4. The summed E-state index contributed by atoms with van der Waals surface area (Å²) < 4.78 is 21.8. The standard InChI is InChI=1S/C42H67BNO3Si.C4H9/c1-7-13-33-44(34-14-8-2,35-15-9-3)41(26-12-6)40-31-24-25-32-42(40)48(38-27-20-18-21-28-38,39-29-22-19-23-30-39)47-43(45-36-16-10-4)46-37-17-11-5;1-3-4-2/h18-25,27-32,41H,7-17,26,33-37H2,1-6H3;1,3-4H2,2H3/q+1;-1. The molecule has 6 heteroatoms. The van der Waals surface area contributed by atoms with Gasteiger partial charge in [-0.15, -0.1) is 0 Å². The van der Waals surface area contributed by atoms with Crippen LogP contribution < -0.4 is 15.6 Å². The van der Waals surface area contributed by atoms with E-state index in [1.807, 2.05) is 0 Å². The SMILES string of the molecule is CCCCOB(OCCCC)O[Si](c1ccccc1)(c1ccccc1)c1ccccc1C(CCC)[N+](CCCC)(CCCC)CCCC.[CH2-]CCC. The molecule has 52 heavy (non-hydrogen) atoms. The van der Waals surface area contributed by atoms with Crippen LogP contribution in [-0.2, 0) is 13.7 Å². The average Bonchev–Trinajstić information content (AvgIpc) is 3.20. The Bertz CT molecular complexity index is 1200. The zero-order valence-corrected chi connectivity index (χ0v) is 35.6. The van der Waals surface area contributed by atoms with Crippen molar-refractivity contribution in [2.75, 3.05) is 32.8 Å². The molecule has 0 amide bonds. The Labute approximate surface area is 323 Å². The second-order valence-electron chi connectivity index (χ2n) is 14.5. The van der Waals surface area contributed by atoms with Crippen LogP contribution in [0.25, 0.3) is 0 Å². The molecule has 0 saturated heterocycles. The maximum Gasteiger partial charge on any atom is 0.629 e. The van der Waals surface area contributed by atoms with Crippen molar-refractivity contribution in [2.24, 2.45) is 0 Å². The summed E-state index contributed by atoms with van der Waals surface area (Å²) in [5.41, 5.74) is 1.46. The Morgan fingerprint density at radius 3 is 1.38 bits per heavy atom. The number of benzene rings is 3. The van der Waals surface area contributed by atoms with Crippen molar-refractivity contribution in [3.8, 4) is 0 Å². The smallest absolute Gasteiger partial charge is 0.417 e. The highest BCUT2D eigenvalue weighted by molar-refractivity contribution is 7.09. The molecule has 0 aliphatic heterocycles. The molecule has 1 atom stereocenters. The summed E-state index contributed by atoms with van der Waals surface area (Å²) in [5.74, 6) is 0. The first-order valence-electron chi connectivity index (χ1n) is 21.2. The van der Waals surface area contributed by atoms with Crippen LogP contribution in [0.3, 0.4) is 0 Å². The largest absolute Gasteiger partial charge is 0.629 e. The van der Waals surface area contributed by atoms with Gasteiger partial charge in [-0.05, 0) is 47.7 Å². The second kappa shape index (κ2) is 27.4. The van der Waals surface area contributed by atoms with E-state index in [1.165, 1.54) is 85.7 Å². The summed E-state index contributed by atoms with van der Waals surface area (Å²) in [7, 11) is -3.92. The molecule has 0 heterocycles. The maximum absolute atomic E-state index is 7.60. The summed E-state index contributed by atoms with van der Waals surface area (Å²) in [6.07, 6.45) is 16.1. The highest BCUT2D eigenvalue weighted by Gasteiger charge is 2.50. The van der Waals surface area contributed by atoms with Crippen molar-refractivity contribution in [1.29, 1.82) is 0 Å². The van der Waals surface area contributed by atoms with E-state index in [1.54, 1.807) is 0 Å². The minimum Gasteiger partial charge on any atom is -0.417 e. The first kappa shape index (κ1) is 45.9. The number of nitrogens with zero attached hydrogens (tertiary/aromatic N) is 1.